The summed E-state index contributed by atoms with van der Waals surface area (Å²) in [6.07, 6.45) is 7.23. The number of Topliss-reactive ketones (excluding diaryl/α,β-unsaturated/α-hetero) is 1. The molecule has 160 valence electrons. The van der Waals surface area contributed by atoms with Gasteiger partial charge >= 0.3 is 6.09 Å². The number of ether oxygens (including phenoxy) is 1. The predicted molar refractivity (Wildman–Crippen MR) is 114 cm³/mol. The number of amides is 1. The highest BCUT2D eigenvalue weighted by atomic mass is 35.5. The van der Waals surface area contributed by atoms with Gasteiger partial charge in [-0.2, -0.15) is 0 Å². The number of fused-ring (bicyclic) bond motifs is 2. The van der Waals surface area contributed by atoms with E-state index < -0.39 is 0 Å². The van der Waals surface area contributed by atoms with Gasteiger partial charge in [0, 0.05) is 28.5 Å². The van der Waals surface area contributed by atoms with E-state index in [1.807, 2.05) is 25.1 Å². The number of hydrogen-bond donors (Lipinski definition) is 0. The van der Waals surface area contributed by atoms with Crippen molar-refractivity contribution < 1.29 is 14.3 Å². The summed E-state index contributed by atoms with van der Waals surface area (Å²) in [4.78, 5) is 29.7. The molecule has 0 N–H and O–H groups in total. The lowest BCUT2D eigenvalue weighted by Gasteiger charge is -2.42. The maximum Gasteiger partial charge on any atom is 0.410 e. The van der Waals surface area contributed by atoms with Crippen LogP contribution >= 0.6 is 11.6 Å². The summed E-state index contributed by atoms with van der Waals surface area (Å²) in [6, 6.07) is 6.73. The van der Waals surface area contributed by atoms with Crippen LogP contribution < -0.4 is 0 Å². The fraction of sp³-hybridized carbons (Fsp3) is 0.667. The second-order valence-electron chi connectivity index (χ2n) is 10.1. The van der Waals surface area contributed by atoms with Crippen LogP contribution in [-0.2, 0) is 10.2 Å². The number of benzene rings is 1. The summed E-state index contributed by atoms with van der Waals surface area (Å²) in [5.41, 5.74) is 2.11. The van der Waals surface area contributed by atoms with Crippen LogP contribution in [0.2, 0.25) is 5.02 Å². The Morgan fingerprint density at radius 1 is 1.27 bits per heavy atom. The zero-order valence-electron chi connectivity index (χ0n) is 17.5. The zero-order valence-corrected chi connectivity index (χ0v) is 18.3. The van der Waals surface area contributed by atoms with Gasteiger partial charge in [0.15, 0.2) is 5.78 Å². The van der Waals surface area contributed by atoms with Gasteiger partial charge in [0.25, 0.3) is 0 Å². The van der Waals surface area contributed by atoms with Gasteiger partial charge in [-0.05, 0) is 88.2 Å². The van der Waals surface area contributed by atoms with Gasteiger partial charge in [-0.25, -0.2) is 4.79 Å². The molecule has 2 saturated heterocycles. The van der Waals surface area contributed by atoms with E-state index in [1.54, 1.807) is 0 Å². The SMILES string of the molecule is CCOC(=O)N1C2CCC3CC(N4CCC5(CC4)CC(=O)c4ccc(Cl)cc45)CC321. The van der Waals surface area contributed by atoms with E-state index in [-0.39, 0.29) is 22.8 Å². The Balaban J connectivity index is 1.16. The normalized spacial score (nSPS) is 36.0. The zero-order chi connectivity index (χ0) is 20.7. The molecule has 30 heavy (non-hydrogen) atoms. The van der Waals surface area contributed by atoms with Crippen LogP contribution in [0.4, 0.5) is 4.79 Å². The van der Waals surface area contributed by atoms with Gasteiger partial charge < -0.3 is 9.64 Å². The van der Waals surface area contributed by atoms with Gasteiger partial charge in [-0.3, -0.25) is 9.69 Å². The molecule has 0 bridgehead atoms. The molecule has 1 aromatic rings. The highest BCUT2D eigenvalue weighted by Crippen LogP contribution is 2.65. The van der Waals surface area contributed by atoms with Crippen LogP contribution in [0.15, 0.2) is 18.2 Å². The van der Waals surface area contributed by atoms with Crippen molar-refractivity contribution in [1.29, 1.82) is 0 Å². The van der Waals surface area contributed by atoms with Gasteiger partial charge in [-0.1, -0.05) is 11.6 Å². The molecular weight excluding hydrogens is 400 g/mol. The minimum atomic E-state index is -0.108. The first kappa shape index (κ1) is 19.1. The number of carbonyl (C=O) groups excluding carboxylic acids is 2. The van der Waals surface area contributed by atoms with Crippen LogP contribution in [-0.4, -0.2) is 59.0 Å². The molecular formula is C24H29ClN2O3. The molecule has 2 aliphatic heterocycles. The van der Waals surface area contributed by atoms with Gasteiger partial charge in [0.1, 0.15) is 0 Å². The van der Waals surface area contributed by atoms with Crippen molar-refractivity contribution in [1.82, 2.24) is 9.80 Å². The number of hydrogen-bond acceptors (Lipinski definition) is 4. The molecule has 2 spiro atoms. The number of nitrogens with zero attached hydrogens (tertiary/aromatic N) is 2. The number of carbonyl (C=O) groups is 2. The van der Waals surface area contributed by atoms with E-state index in [9.17, 15) is 9.59 Å². The van der Waals surface area contributed by atoms with Crippen LogP contribution in [0, 0.1) is 5.92 Å². The van der Waals surface area contributed by atoms with Gasteiger partial charge in [0.2, 0.25) is 0 Å². The van der Waals surface area contributed by atoms with Crippen molar-refractivity contribution in [2.24, 2.45) is 5.92 Å². The molecule has 6 rings (SSSR count). The van der Waals surface area contributed by atoms with E-state index in [0.29, 0.717) is 31.0 Å². The van der Waals surface area contributed by atoms with Gasteiger partial charge in [0.05, 0.1) is 18.2 Å². The Morgan fingerprint density at radius 2 is 2.07 bits per heavy atom. The summed E-state index contributed by atoms with van der Waals surface area (Å²) in [6.45, 7) is 4.38. The molecule has 0 aromatic heterocycles. The van der Waals surface area contributed by atoms with E-state index >= 15 is 0 Å². The van der Waals surface area contributed by atoms with Crippen molar-refractivity contribution >= 4 is 23.5 Å². The maximum atomic E-state index is 12.6. The highest BCUT2D eigenvalue weighted by Gasteiger charge is 2.75. The molecule has 3 aliphatic carbocycles. The lowest BCUT2D eigenvalue weighted by Crippen LogP contribution is -2.46. The summed E-state index contributed by atoms with van der Waals surface area (Å²) in [7, 11) is 0. The smallest absolute Gasteiger partial charge is 0.410 e. The molecule has 6 heteroatoms. The van der Waals surface area contributed by atoms with E-state index in [0.717, 1.165) is 49.4 Å². The molecule has 2 saturated carbocycles. The number of halogens is 1. The molecule has 4 unspecified atom stereocenters. The van der Waals surface area contributed by atoms with Gasteiger partial charge in [-0.15, -0.1) is 0 Å². The van der Waals surface area contributed by atoms with Crippen molar-refractivity contribution in [3.63, 3.8) is 0 Å². The van der Waals surface area contributed by atoms with Crippen molar-refractivity contribution in [2.45, 2.75) is 74.9 Å². The highest BCUT2D eigenvalue weighted by molar-refractivity contribution is 6.30. The second kappa shape index (κ2) is 6.46. The average Bonchev–Trinajstić information content (AvgIpc) is 2.96. The van der Waals surface area contributed by atoms with E-state index in [2.05, 4.69) is 9.80 Å². The quantitative estimate of drug-likeness (QED) is 0.654. The summed E-state index contributed by atoms with van der Waals surface area (Å²) < 4.78 is 5.33. The second-order valence-corrected chi connectivity index (χ2v) is 10.5. The summed E-state index contributed by atoms with van der Waals surface area (Å²) >= 11 is 6.28. The molecule has 0 radical (unpaired) electrons. The first-order valence-electron chi connectivity index (χ1n) is 11.5. The molecule has 5 aliphatic rings. The third kappa shape index (κ3) is 2.45. The number of likely N-dealkylation sites (tertiary alicyclic amines) is 2. The Morgan fingerprint density at radius 3 is 2.83 bits per heavy atom. The van der Waals surface area contributed by atoms with Crippen LogP contribution in [0.1, 0.15) is 67.8 Å². The summed E-state index contributed by atoms with van der Waals surface area (Å²) in [5.74, 6) is 0.899. The van der Waals surface area contributed by atoms with Crippen LogP contribution in [0.3, 0.4) is 0 Å². The van der Waals surface area contributed by atoms with E-state index in [4.69, 9.17) is 16.3 Å². The van der Waals surface area contributed by atoms with Crippen LogP contribution in [0.5, 0.6) is 0 Å². The largest absolute Gasteiger partial charge is 0.450 e. The Bertz CT molecular complexity index is 925. The first-order chi connectivity index (χ1) is 14.5. The monoisotopic (exact) mass is 428 g/mol. The lowest BCUT2D eigenvalue weighted by molar-refractivity contribution is 0.0885. The lowest BCUT2D eigenvalue weighted by atomic mass is 9.73. The summed E-state index contributed by atoms with van der Waals surface area (Å²) in [5, 5.41) is 0.729. The topological polar surface area (TPSA) is 49.6 Å². The Hall–Kier alpha value is -1.59. The van der Waals surface area contributed by atoms with Crippen molar-refractivity contribution in [2.75, 3.05) is 19.7 Å². The fourth-order valence-electron chi connectivity index (χ4n) is 7.61. The minimum absolute atomic E-state index is 0.0281. The van der Waals surface area contributed by atoms with Crippen molar-refractivity contribution in [3.8, 4) is 0 Å². The molecule has 1 aromatic carbocycles. The fourth-order valence-corrected chi connectivity index (χ4v) is 7.78. The molecule has 4 fully saturated rings. The van der Waals surface area contributed by atoms with E-state index in [1.165, 1.54) is 18.4 Å². The average molecular weight is 429 g/mol. The first-order valence-corrected chi connectivity index (χ1v) is 11.9. The molecule has 1 amide bonds. The third-order valence-corrected chi connectivity index (χ3v) is 9.21. The van der Waals surface area contributed by atoms with Crippen LogP contribution in [0.25, 0.3) is 0 Å². The number of ketones is 1. The maximum absolute atomic E-state index is 12.6. The Kier molecular flexibility index (Phi) is 4.12. The molecule has 4 atom stereocenters. The Labute approximate surface area is 182 Å². The third-order valence-electron chi connectivity index (χ3n) is 8.97. The predicted octanol–water partition coefficient (Wildman–Crippen LogP) is 4.41. The minimum Gasteiger partial charge on any atom is -0.450 e. The standard InChI is InChI=1S/C24H29ClN2O3/c1-2-30-22(29)27-21-6-3-15-11-17(13-24(15,21)27)26-9-7-23(8-10-26)14-20(28)18-5-4-16(25)12-19(18)23/h4-5,12,15,17,21H,2-3,6-11,13-14H2,1H3. The molecule has 5 nitrogen and oxygen atoms in total. The van der Waals surface area contributed by atoms with Crippen molar-refractivity contribution in [3.05, 3.63) is 34.3 Å². The molecule has 2 heterocycles. The number of piperidine rings is 2. The number of rotatable bonds is 2.